The monoisotopic (exact) mass is 1170 g/mol. The number of aliphatic carboxylic acids is 12. The fraction of sp³-hybridized carbons (Fsp3) is 0.674. The minimum Gasteiger partial charge on any atom is -0.481 e. The van der Waals surface area contributed by atoms with Crippen molar-refractivity contribution in [3.63, 3.8) is 0 Å². The molecule has 0 aromatic carbocycles. The quantitative estimate of drug-likeness (QED) is 0.0202. The number of hydrogen-bond acceptors (Lipinski definition) is 25. The summed E-state index contributed by atoms with van der Waals surface area (Å²) < 4.78 is 38.8. The van der Waals surface area contributed by atoms with Gasteiger partial charge in [0.15, 0.2) is 36.6 Å². The Morgan fingerprint density at radius 3 is 0.875 bits per heavy atom. The zero-order valence-corrected chi connectivity index (χ0v) is 42.4. The normalized spacial score (nSPS) is 13.4. The Morgan fingerprint density at radius 1 is 0.338 bits per heavy atom. The predicted molar refractivity (Wildman–Crippen MR) is 250 cm³/mol. The van der Waals surface area contributed by atoms with Crippen LogP contribution in [0.3, 0.4) is 0 Å². The Hall–Kier alpha value is -7.78. The summed E-state index contributed by atoms with van der Waals surface area (Å²) in [6.07, 6.45) is -11.1. The summed E-state index contributed by atoms with van der Waals surface area (Å²) in [5.74, 6) is -16.6. The van der Waals surface area contributed by atoms with Gasteiger partial charge in [-0.2, -0.15) is 0 Å². The largest absolute Gasteiger partial charge is 0.481 e. The maximum absolute atomic E-state index is 11.1. The third kappa shape index (κ3) is 42.3. The molecular weight excluding hydrogens is 1100 g/mol. The van der Waals surface area contributed by atoms with Gasteiger partial charge in [0.2, 0.25) is 0 Å². The van der Waals surface area contributed by atoms with Crippen LogP contribution in [0.4, 0.5) is 0 Å². The highest BCUT2D eigenvalue weighted by Crippen LogP contribution is 2.09. The third-order valence-corrected chi connectivity index (χ3v) is 9.51. The molecule has 0 aliphatic rings. The van der Waals surface area contributed by atoms with Crippen molar-refractivity contribution >= 4 is 84.6 Å². The number of aliphatic hydroxyl groups excluding tert-OH is 1. The molecule has 0 bridgehead atoms. The van der Waals surface area contributed by atoms with Gasteiger partial charge >= 0.3 is 71.6 Å². The second kappa shape index (κ2) is 46.2. The van der Waals surface area contributed by atoms with E-state index in [1.165, 1.54) is 4.90 Å². The van der Waals surface area contributed by atoms with Crippen LogP contribution in [0.2, 0.25) is 0 Å². The lowest BCUT2D eigenvalue weighted by molar-refractivity contribution is -0.158. The van der Waals surface area contributed by atoms with Gasteiger partial charge in [0.1, 0.15) is 19.3 Å². The van der Waals surface area contributed by atoms with E-state index >= 15 is 0 Å². The fourth-order valence-corrected chi connectivity index (χ4v) is 5.68. The highest BCUT2D eigenvalue weighted by molar-refractivity contribution is 5.82. The minimum absolute atomic E-state index is 0.00489. The van der Waals surface area contributed by atoms with Crippen molar-refractivity contribution in [2.75, 3.05) is 92.2 Å². The standard InChI is InChI=1S/C18H27NO15.C13H20O10.C12H19NO10/c20-10-31-9-13(18(29)30)34-6-3-19(1-4-32-11(16(25)26)7-14(21)22)2-5-33-12(17(27)28)8-15(23)24;14-8-21-7-10(13(19)20)23-5-3-1-2-4-22-9(12(17)18)6-11(15)16;14-3-1-13(7(11(19)20)5-9(15)16)2-4-23-8(12(21)22)6-10(17)18/h10-13H,1-9H2,(H,21,22)(H,23,24)(H,25,26)(H,27,28)(H,29,30);8-10H,1-7H2,(H,15,16)(H,17,18)(H,19,20);7-8,14H,1-6H2,(H,15,16)(H,17,18)(H,19,20)(H,21,22). The molecule has 7 unspecified atom stereocenters. The first-order valence-electron chi connectivity index (χ1n) is 23.1. The first-order valence-corrected chi connectivity index (χ1v) is 23.1. The Labute approximate surface area is 451 Å². The van der Waals surface area contributed by atoms with Crippen LogP contribution in [-0.4, -0.2) is 296 Å². The number of hydrogen-bond donors (Lipinski definition) is 13. The van der Waals surface area contributed by atoms with Gasteiger partial charge < -0.3 is 104 Å². The van der Waals surface area contributed by atoms with Crippen molar-refractivity contribution in [1.29, 1.82) is 0 Å². The van der Waals surface area contributed by atoms with Gasteiger partial charge in [0, 0.05) is 45.9 Å². The molecule has 0 rings (SSSR count). The summed E-state index contributed by atoms with van der Waals surface area (Å²) in [5.41, 5.74) is 0. The molecule has 0 amide bonds. The van der Waals surface area contributed by atoms with E-state index in [9.17, 15) is 67.1 Å². The summed E-state index contributed by atoms with van der Waals surface area (Å²) in [6.45, 7) is -2.46. The molecule has 37 nitrogen and oxygen atoms in total. The van der Waals surface area contributed by atoms with Crippen LogP contribution in [-0.2, 0) is 105 Å². The first kappa shape index (κ1) is 76.5. The van der Waals surface area contributed by atoms with Gasteiger partial charge in [-0.1, -0.05) is 0 Å². The minimum atomic E-state index is -1.62. The van der Waals surface area contributed by atoms with Crippen molar-refractivity contribution in [1.82, 2.24) is 9.80 Å². The van der Waals surface area contributed by atoms with Crippen LogP contribution < -0.4 is 0 Å². The summed E-state index contributed by atoms with van der Waals surface area (Å²) in [6, 6.07) is -1.42. The Bertz CT molecular complexity index is 1910. The molecular formula is C43H66N2O35. The van der Waals surface area contributed by atoms with Crippen LogP contribution in [0.15, 0.2) is 0 Å². The molecule has 7 atom stereocenters. The number of rotatable bonds is 50. The van der Waals surface area contributed by atoms with E-state index in [0.29, 0.717) is 19.3 Å². The molecule has 0 aliphatic heterocycles. The van der Waals surface area contributed by atoms with Crippen molar-refractivity contribution < 1.29 is 171 Å². The number of carboxylic acids is 12. The summed E-state index contributed by atoms with van der Waals surface area (Å²) >= 11 is 0. The Morgan fingerprint density at radius 2 is 0.613 bits per heavy atom. The lowest BCUT2D eigenvalue weighted by Gasteiger charge is -2.27. The second-order valence-electron chi connectivity index (χ2n) is 15.6. The van der Waals surface area contributed by atoms with Crippen molar-refractivity contribution in [3.05, 3.63) is 0 Å². The lowest BCUT2D eigenvalue weighted by atomic mass is 10.1. The SMILES string of the molecule is O=C(O)CC(OCCN(CCO)C(CC(=O)O)C(=O)O)C(=O)O.O=COCC(OCCCCCOC(CC(=O)O)C(=O)O)C(=O)O.O=COCC(OCCN(CCOC(CC(=O)O)C(=O)O)CCOC(CC(=O)O)C(=O)O)C(=O)O. The van der Waals surface area contributed by atoms with E-state index < -0.39 is 160 Å². The van der Waals surface area contributed by atoms with Gasteiger partial charge in [-0.05, 0) is 19.3 Å². The molecule has 37 heteroatoms. The van der Waals surface area contributed by atoms with Crippen LogP contribution >= 0.6 is 0 Å². The van der Waals surface area contributed by atoms with Gasteiger partial charge in [-0.25, -0.2) is 28.8 Å². The number of carboxylic acid groups (broad SMARTS) is 12. The van der Waals surface area contributed by atoms with Crippen LogP contribution in [0.25, 0.3) is 0 Å². The maximum atomic E-state index is 11.1. The molecule has 0 aromatic heterocycles. The summed E-state index contributed by atoms with van der Waals surface area (Å²) in [5, 5.41) is 115. The molecule has 0 spiro atoms. The number of ether oxygens (including phenoxy) is 8. The summed E-state index contributed by atoms with van der Waals surface area (Å²) in [7, 11) is 0. The average Bonchev–Trinajstić information content (AvgIpc) is 3.34. The van der Waals surface area contributed by atoms with Crippen molar-refractivity contribution in [3.8, 4) is 0 Å². The van der Waals surface area contributed by atoms with Crippen LogP contribution in [0.5, 0.6) is 0 Å². The molecule has 0 saturated heterocycles. The van der Waals surface area contributed by atoms with E-state index in [4.69, 9.17) is 94.8 Å². The molecule has 0 fully saturated rings. The number of unbranched alkanes of at least 4 members (excludes halogenated alkanes) is 2. The van der Waals surface area contributed by atoms with Crippen molar-refractivity contribution in [2.45, 2.75) is 94.0 Å². The summed E-state index contributed by atoms with van der Waals surface area (Å²) in [4.78, 5) is 153. The maximum Gasteiger partial charge on any atom is 0.336 e. The third-order valence-electron chi connectivity index (χ3n) is 9.51. The molecule has 458 valence electrons. The van der Waals surface area contributed by atoms with Gasteiger partial charge in [0.05, 0.1) is 65.1 Å². The average molecular weight is 1170 g/mol. The van der Waals surface area contributed by atoms with Gasteiger partial charge in [-0.15, -0.1) is 0 Å². The number of carbonyl (C=O) groups is 14. The molecule has 0 aliphatic carbocycles. The topological polar surface area (TPSA) is 582 Å². The van der Waals surface area contributed by atoms with Gasteiger partial charge in [0.25, 0.3) is 12.9 Å². The van der Waals surface area contributed by atoms with Crippen molar-refractivity contribution in [2.24, 2.45) is 0 Å². The Balaban J connectivity index is -0.00000115. The van der Waals surface area contributed by atoms with E-state index in [1.54, 1.807) is 0 Å². The number of aliphatic hydroxyl groups is 1. The number of nitrogens with zero attached hydrogens (tertiary/aromatic N) is 2. The molecule has 13 N–H and O–H groups in total. The zero-order valence-electron chi connectivity index (χ0n) is 42.4. The van der Waals surface area contributed by atoms with Crippen LogP contribution in [0.1, 0.15) is 51.4 Å². The van der Waals surface area contributed by atoms with E-state index in [1.807, 2.05) is 0 Å². The molecule has 0 heterocycles. The van der Waals surface area contributed by atoms with E-state index in [0.717, 1.165) is 4.90 Å². The smallest absolute Gasteiger partial charge is 0.336 e. The lowest BCUT2D eigenvalue weighted by Crippen LogP contribution is -2.46. The van der Waals surface area contributed by atoms with E-state index in [2.05, 4.69) is 9.47 Å². The van der Waals surface area contributed by atoms with Gasteiger partial charge in [-0.3, -0.25) is 48.2 Å². The zero-order chi connectivity index (χ0) is 61.8. The molecule has 0 saturated carbocycles. The highest BCUT2D eigenvalue weighted by Gasteiger charge is 2.30. The molecule has 80 heavy (non-hydrogen) atoms. The molecule has 0 radical (unpaired) electrons. The second-order valence-corrected chi connectivity index (χ2v) is 15.6. The Kier molecular flexibility index (Phi) is 44.1. The fourth-order valence-electron chi connectivity index (χ4n) is 5.68. The number of carbonyl (C=O) groups excluding carboxylic acids is 2. The first-order chi connectivity index (χ1) is 37.5. The highest BCUT2D eigenvalue weighted by atomic mass is 16.6. The van der Waals surface area contributed by atoms with E-state index in [-0.39, 0.29) is 91.9 Å². The van der Waals surface area contributed by atoms with Crippen LogP contribution in [0, 0.1) is 0 Å². The molecule has 0 aromatic rings. The predicted octanol–water partition coefficient (Wildman–Crippen LogP) is -4.28.